The van der Waals surface area contributed by atoms with Crippen molar-refractivity contribution in [3.05, 3.63) is 83.7 Å². The highest BCUT2D eigenvalue weighted by molar-refractivity contribution is 5.97. The number of nitrogens with one attached hydrogen (secondary N) is 3. The first-order valence-electron chi connectivity index (χ1n) is 24.9. The highest BCUT2D eigenvalue weighted by atomic mass is 16.5. The van der Waals surface area contributed by atoms with E-state index in [0.717, 1.165) is 51.8 Å². The zero-order valence-electron chi connectivity index (χ0n) is 41.5. The van der Waals surface area contributed by atoms with Gasteiger partial charge in [0, 0.05) is 80.9 Å². The van der Waals surface area contributed by atoms with Crippen LogP contribution in [0.5, 0.6) is 5.75 Å². The quantitative estimate of drug-likeness (QED) is 0.0848. The maximum Gasteiger partial charge on any atom is 0.324 e. The summed E-state index contributed by atoms with van der Waals surface area (Å²) in [5, 5.41) is 20.0. The Morgan fingerprint density at radius 1 is 1.07 bits per heavy atom. The topological polar surface area (TPSA) is 198 Å². The number of hydrogen-bond acceptors (Lipinski definition) is 11. The number of pyridine rings is 1. The maximum atomic E-state index is 14.8. The summed E-state index contributed by atoms with van der Waals surface area (Å²) in [6, 6.07) is 12.3. The predicted molar refractivity (Wildman–Crippen MR) is 265 cm³/mol. The summed E-state index contributed by atoms with van der Waals surface area (Å²) < 4.78 is 14.2. The Morgan fingerprint density at radius 2 is 1.86 bits per heavy atom. The molecular formula is C54H68N8O8. The SMILES string of the molecule is C=C(C)[C@@H](C(=O)N[C@H]1Cc2cc(O)cc(c2)-c2ccc3c(c2)c(c(-c2cccnc2[C@H](C)OC)n3CC)CC(C)(C)COC(=O)[C@@H]2CCCN(N2)C1=O)N(C)C(=O)[C@H]1CCN(C(=O)[C@@H]2N[C@@H]2C2CC2)C1. The number of benzene rings is 2. The second kappa shape index (κ2) is 19.6. The molecule has 4 fully saturated rings. The predicted octanol–water partition coefficient (Wildman–Crippen LogP) is 5.45. The van der Waals surface area contributed by atoms with Crippen molar-refractivity contribution in [1.29, 1.82) is 0 Å². The van der Waals surface area contributed by atoms with E-state index in [-0.39, 0.29) is 61.9 Å². The smallest absolute Gasteiger partial charge is 0.324 e. The number of carbonyl (C=O) groups is 5. The minimum Gasteiger partial charge on any atom is -0.508 e. The van der Waals surface area contributed by atoms with E-state index >= 15 is 0 Å². The molecule has 4 amide bonds. The van der Waals surface area contributed by atoms with Crippen molar-refractivity contribution in [3.63, 3.8) is 0 Å². The van der Waals surface area contributed by atoms with Crippen LogP contribution in [0.4, 0.5) is 0 Å². The van der Waals surface area contributed by atoms with Crippen LogP contribution in [0.25, 0.3) is 33.3 Å². The van der Waals surface area contributed by atoms with E-state index in [1.54, 1.807) is 44.3 Å². The number of nitrogens with zero attached hydrogens (tertiary/aromatic N) is 5. The van der Waals surface area contributed by atoms with Gasteiger partial charge in [0.2, 0.25) is 17.7 Å². The van der Waals surface area contributed by atoms with Gasteiger partial charge >= 0.3 is 5.97 Å². The number of ether oxygens (including phenoxy) is 2. The zero-order chi connectivity index (χ0) is 49.8. The number of esters is 1. The van der Waals surface area contributed by atoms with Gasteiger partial charge in [-0.25, -0.2) is 5.43 Å². The van der Waals surface area contributed by atoms with Gasteiger partial charge < -0.3 is 34.3 Å². The summed E-state index contributed by atoms with van der Waals surface area (Å²) in [6.45, 7) is 15.8. The molecule has 7 atom stereocenters. The average molecular weight is 957 g/mol. The number of hydrogen-bond donors (Lipinski definition) is 4. The molecule has 4 aromatic rings. The summed E-state index contributed by atoms with van der Waals surface area (Å²) in [5.41, 5.74) is 9.89. The number of aromatic nitrogens is 2. The average Bonchev–Trinajstić information content (AvgIpc) is 4.27. The molecule has 4 aliphatic heterocycles. The number of aromatic hydroxyl groups is 1. The minimum atomic E-state index is -1.20. The number of likely N-dealkylation sites (N-methyl/N-ethyl adjacent to an activating group) is 1. The molecule has 6 bridgehead atoms. The molecule has 372 valence electrons. The molecule has 16 nitrogen and oxygen atoms in total. The van der Waals surface area contributed by atoms with Crippen molar-refractivity contribution in [2.45, 2.75) is 122 Å². The second-order valence-electron chi connectivity index (χ2n) is 21.0. The molecule has 9 rings (SSSR count). The first kappa shape index (κ1) is 48.9. The molecule has 3 saturated heterocycles. The lowest BCUT2D eigenvalue weighted by atomic mass is 9.84. The van der Waals surface area contributed by atoms with Gasteiger partial charge in [-0.1, -0.05) is 32.6 Å². The number of carbonyl (C=O) groups excluding carboxylic acids is 5. The molecule has 70 heavy (non-hydrogen) atoms. The van der Waals surface area contributed by atoms with Gasteiger partial charge in [0.1, 0.15) is 29.9 Å². The van der Waals surface area contributed by atoms with Crippen LogP contribution in [-0.2, 0) is 52.8 Å². The normalized spacial score (nSPS) is 24.4. The number of likely N-dealkylation sites (tertiary alicyclic amines) is 1. The summed E-state index contributed by atoms with van der Waals surface area (Å²) in [6.07, 6.45) is 5.67. The van der Waals surface area contributed by atoms with E-state index in [1.165, 1.54) is 9.91 Å². The van der Waals surface area contributed by atoms with Gasteiger partial charge in [-0.2, -0.15) is 0 Å². The van der Waals surface area contributed by atoms with Crippen LogP contribution >= 0.6 is 0 Å². The van der Waals surface area contributed by atoms with Crippen LogP contribution in [0, 0.1) is 17.3 Å². The van der Waals surface area contributed by atoms with Crippen LogP contribution in [0.1, 0.15) is 89.6 Å². The van der Waals surface area contributed by atoms with Gasteiger partial charge in [0.25, 0.3) is 5.91 Å². The summed E-state index contributed by atoms with van der Waals surface area (Å²) in [5.74, 6) is -1.81. The van der Waals surface area contributed by atoms with Crippen LogP contribution in [0.2, 0.25) is 0 Å². The maximum absolute atomic E-state index is 14.8. The molecule has 1 aliphatic carbocycles. The molecule has 1 saturated carbocycles. The third-order valence-corrected chi connectivity index (χ3v) is 15.0. The fourth-order valence-electron chi connectivity index (χ4n) is 11.1. The molecule has 2 aromatic carbocycles. The van der Waals surface area contributed by atoms with Gasteiger partial charge in [0.05, 0.1) is 30.0 Å². The number of methoxy groups -OCH3 is 1. The number of rotatable bonds is 11. The van der Waals surface area contributed by atoms with Gasteiger partial charge in [-0.15, -0.1) is 0 Å². The molecule has 16 heteroatoms. The molecule has 2 aromatic heterocycles. The number of amides is 4. The Bertz CT molecular complexity index is 2730. The van der Waals surface area contributed by atoms with Gasteiger partial charge in [0.15, 0.2) is 0 Å². The van der Waals surface area contributed by atoms with Crippen molar-refractivity contribution in [2.75, 3.05) is 40.4 Å². The van der Waals surface area contributed by atoms with Crippen molar-refractivity contribution >= 4 is 40.5 Å². The highest BCUT2D eigenvalue weighted by Gasteiger charge is 2.53. The minimum absolute atomic E-state index is 0.0186. The molecule has 0 unspecified atom stereocenters. The van der Waals surface area contributed by atoms with Gasteiger partial charge in [-0.3, -0.25) is 39.3 Å². The van der Waals surface area contributed by atoms with E-state index in [1.807, 2.05) is 25.1 Å². The fourth-order valence-corrected chi connectivity index (χ4v) is 11.1. The molecule has 4 N–H and O–H groups in total. The molecule has 0 spiro atoms. The van der Waals surface area contributed by atoms with Crippen molar-refractivity contribution < 1.29 is 38.6 Å². The number of cyclic esters (lactones) is 1. The third kappa shape index (κ3) is 9.82. The summed E-state index contributed by atoms with van der Waals surface area (Å²) in [4.78, 5) is 78.8. The summed E-state index contributed by atoms with van der Waals surface area (Å²) in [7, 11) is 3.23. The van der Waals surface area contributed by atoms with Crippen molar-refractivity contribution in [1.82, 2.24) is 40.4 Å². The van der Waals surface area contributed by atoms with Crippen LogP contribution < -0.4 is 16.1 Å². The molecule has 6 heterocycles. The Kier molecular flexibility index (Phi) is 13.7. The lowest BCUT2D eigenvalue weighted by molar-refractivity contribution is -0.155. The molecule has 5 aliphatic rings. The van der Waals surface area contributed by atoms with Crippen LogP contribution in [-0.4, -0.2) is 130 Å². The monoisotopic (exact) mass is 957 g/mol. The Morgan fingerprint density at radius 3 is 2.59 bits per heavy atom. The lowest BCUT2D eigenvalue weighted by Gasteiger charge is -2.36. The number of phenolic OH excluding ortho intramolecular Hbond substituents is 1. The number of hydrazine groups is 1. The second-order valence-corrected chi connectivity index (χ2v) is 21.0. The third-order valence-electron chi connectivity index (χ3n) is 15.0. The molecule has 0 radical (unpaired) electrons. The van der Waals surface area contributed by atoms with E-state index < -0.39 is 47.2 Å². The molecular weight excluding hydrogens is 889 g/mol. The fraction of sp³-hybridized carbons (Fsp3) is 0.519. The van der Waals surface area contributed by atoms with E-state index in [0.29, 0.717) is 61.4 Å². The Labute approximate surface area is 410 Å². The number of phenols is 1. The van der Waals surface area contributed by atoms with E-state index in [2.05, 4.69) is 66.2 Å². The first-order valence-corrected chi connectivity index (χ1v) is 24.9. The number of fused-ring (bicyclic) bond motifs is 6. The Hall–Kier alpha value is -6.10. The summed E-state index contributed by atoms with van der Waals surface area (Å²) >= 11 is 0. The Balaban J connectivity index is 1.06. The lowest BCUT2D eigenvalue weighted by Crippen LogP contribution is -2.62. The largest absolute Gasteiger partial charge is 0.508 e. The zero-order valence-corrected chi connectivity index (χ0v) is 41.5. The van der Waals surface area contributed by atoms with Crippen molar-refractivity contribution in [3.8, 4) is 28.1 Å². The standard InChI is InChI=1S/C54H68N8O8/c1-9-61-43-17-16-34-26-39(43)40(48(61)38-12-10-19-55-44(38)31(4)69-8)27-54(5,6)29-70-53(68)41-13-11-20-62(58-41)51(66)42(24-32-22-36(34)25-37(63)23-32)56-49(64)47(30(2)3)59(7)50(65)35-18-21-60(28-35)52(67)46-45(57-46)33-14-15-33/h10,12,16-17,19,22-23,25-26,31,33,35,41-42,45-47,57-58,63H,2,9,11,13-15,18,20-21,24,27-29H2,1,3-8H3,(H,56,64)/t31-,35-,41-,42-,45+,46+,47-/m0/s1. The van der Waals surface area contributed by atoms with Crippen molar-refractivity contribution in [2.24, 2.45) is 17.3 Å². The van der Waals surface area contributed by atoms with E-state index in [4.69, 9.17) is 14.5 Å². The number of aryl methyl sites for hydroxylation is 1. The van der Waals surface area contributed by atoms with Crippen LogP contribution in [0.15, 0.2) is 66.9 Å². The van der Waals surface area contributed by atoms with E-state index in [9.17, 15) is 29.1 Å². The first-order chi connectivity index (χ1) is 33.5. The van der Waals surface area contributed by atoms with Gasteiger partial charge in [-0.05, 0) is 129 Å². The van der Waals surface area contributed by atoms with Crippen LogP contribution in [0.3, 0.4) is 0 Å². The highest BCUT2D eigenvalue weighted by Crippen LogP contribution is 2.43.